The molecule has 0 aliphatic carbocycles. The molecule has 2 aliphatic heterocycles. The van der Waals surface area contributed by atoms with E-state index in [-0.39, 0.29) is 36.4 Å². The molecule has 3 atom stereocenters. The van der Waals surface area contributed by atoms with Gasteiger partial charge in [0, 0.05) is 36.5 Å². The summed E-state index contributed by atoms with van der Waals surface area (Å²) in [7, 11) is 0. The third-order valence-electron chi connectivity index (χ3n) is 5.47. The Morgan fingerprint density at radius 2 is 1.78 bits per heavy atom. The molecule has 2 aromatic rings. The zero-order valence-electron chi connectivity index (χ0n) is 18.2. The second-order valence-corrected chi connectivity index (χ2v) is 9.48. The standard InChI is InChI=1S/C24H27N3O4S/c1-15-13-27(14-16(2)31-15)24(30)18-9-7-17(8-10-18)12-25-22(28)11-21-23(29)26-19-5-3-4-6-20(19)32-21/h3-10,15-16,21H,11-14H2,1-2H3,(H,25,28)(H,26,29). The summed E-state index contributed by atoms with van der Waals surface area (Å²) >= 11 is 1.41. The average Bonchev–Trinajstić information content (AvgIpc) is 2.77. The Hall–Kier alpha value is -2.84. The van der Waals surface area contributed by atoms with Crippen LogP contribution in [0.1, 0.15) is 36.2 Å². The molecule has 4 rings (SSSR count). The van der Waals surface area contributed by atoms with E-state index in [1.807, 2.05) is 55.1 Å². The number of rotatable bonds is 5. The first-order chi connectivity index (χ1) is 15.4. The fraction of sp³-hybridized carbons (Fsp3) is 0.375. The van der Waals surface area contributed by atoms with Crippen LogP contribution in [0.5, 0.6) is 0 Å². The number of hydrogen-bond acceptors (Lipinski definition) is 5. The minimum absolute atomic E-state index is 0.0109. The maximum atomic E-state index is 12.8. The third kappa shape index (κ3) is 5.31. The van der Waals surface area contributed by atoms with E-state index in [0.717, 1.165) is 16.1 Å². The minimum Gasteiger partial charge on any atom is -0.372 e. The van der Waals surface area contributed by atoms with Gasteiger partial charge >= 0.3 is 0 Å². The summed E-state index contributed by atoms with van der Waals surface area (Å²) in [5.41, 5.74) is 2.30. The topological polar surface area (TPSA) is 87.7 Å². The number of carbonyl (C=O) groups excluding carboxylic acids is 3. The van der Waals surface area contributed by atoms with Crippen LogP contribution in [0.15, 0.2) is 53.4 Å². The van der Waals surface area contributed by atoms with Gasteiger partial charge in [-0.05, 0) is 43.7 Å². The number of para-hydroxylation sites is 1. The molecule has 7 nitrogen and oxygen atoms in total. The van der Waals surface area contributed by atoms with E-state index < -0.39 is 5.25 Å². The number of morpholine rings is 1. The van der Waals surface area contributed by atoms with Crippen LogP contribution in [-0.2, 0) is 20.9 Å². The number of benzene rings is 2. The summed E-state index contributed by atoms with van der Waals surface area (Å²) in [5.74, 6) is -0.352. The maximum Gasteiger partial charge on any atom is 0.254 e. The number of hydrogen-bond donors (Lipinski definition) is 2. The molecule has 0 aromatic heterocycles. The van der Waals surface area contributed by atoms with Crippen molar-refractivity contribution < 1.29 is 19.1 Å². The predicted octanol–water partition coefficient (Wildman–Crippen LogP) is 3.06. The van der Waals surface area contributed by atoms with Crippen molar-refractivity contribution in [3.05, 3.63) is 59.7 Å². The smallest absolute Gasteiger partial charge is 0.254 e. The first-order valence-corrected chi connectivity index (χ1v) is 11.6. The van der Waals surface area contributed by atoms with Crippen LogP contribution in [0.3, 0.4) is 0 Å². The highest BCUT2D eigenvalue weighted by Crippen LogP contribution is 2.36. The minimum atomic E-state index is -0.455. The molecule has 1 fully saturated rings. The molecule has 32 heavy (non-hydrogen) atoms. The third-order valence-corrected chi connectivity index (χ3v) is 6.75. The molecule has 3 unspecified atom stereocenters. The highest BCUT2D eigenvalue weighted by molar-refractivity contribution is 8.01. The molecule has 3 amide bonds. The highest BCUT2D eigenvalue weighted by atomic mass is 32.2. The number of thioether (sulfide) groups is 1. The van der Waals surface area contributed by atoms with Crippen LogP contribution in [-0.4, -0.2) is 53.2 Å². The number of fused-ring (bicyclic) bond motifs is 1. The van der Waals surface area contributed by atoms with Crippen LogP contribution < -0.4 is 10.6 Å². The van der Waals surface area contributed by atoms with Gasteiger partial charge in [0.15, 0.2) is 0 Å². The van der Waals surface area contributed by atoms with Gasteiger partial charge in [0.1, 0.15) is 0 Å². The average molecular weight is 454 g/mol. The monoisotopic (exact) mass is 453 g/mol. The Bertz CT molecular complexity index is 1000. The van der Waals surface area contributed by atoms with Gasteiger partial charge in [-0.3, -0.25) is 14.4 Å². The van der Waals surface area contributed by atoms with Crippen molar-refractivity contribution in [3.8, 4) is 0 Å². The van der Waals surface area contributed by atoms with Crippen LogP contribution in [0, 0.1) is 0 Å². The zero-order valence-corrected chi connectivity index (χ0v) is 19.0. The van der Waals surface area contributed by atoms with E-state index in [2.05, 4.69) is 10.6 Å². The molecule has 2 aromatic carbocycles. The first kappa shape index (κ1) is 22.4. The highest BCUT2D eigenvalue weighted by Gasteiger charge is 2.29. The van der Waals surface area contributed by atoms with E-state index in [0.29, 0.717) is 25.2 Å². The largest absolute Gasteiger partial charge is 0.372 e. The zero-order chi connectivity index (χ0) is 22.7. The number of anilines is 1. The summed E-state index contributed by atoms with van der Waals surface area (Å²) in [6.07, 6.45) is 0.152. The Kier molecular flexibility index (Phi) is 6.81. The van der Waals surface area contributed by atoms with Crippen molar-refractivity contribution in [2.45, 2.75) is 49.2 Å². The summed E-state index contributed by atoms with van der Waals surface area (Å²) in [5, 5.41) is 5.27. The SMILES string of the molecule is CC1CN(C(=O)c2ccc(CNC(=O)CC3Sc4ccccc4NC3=O)cc2)CC(C)O1. The Morgan fingerprint density at radius 3 is 2.50 bits per heavy atom. The first-order valence-electron chi connectivity index (χ1n) is 10.8. The molecule has 2 N–H and O–H groups in total. The Labute approximate surface area is 191 Å². The Morgan fingerprint density at radius 1 is 1.09 bits per heavy atom. The van der Waals surface area contributed by atoms with Gasteiger partial charge in [-0.1, -0.05) is 24.3 Å². The summed E-state index contributed by atoms with van der Waals surface area (Å²) < 4.78 is 5.69. The molecule has 8 heteroatoms. The van der Waals surface area contributed by atoms with Crippen LogP contribution in [0.2, 0.25) is 0 Å². The second-order valence-electron chi connectivity index (χ2n) is 8.24. The van der Waals surface area contributed by atoms with Gasteiger partial charge < -0.3 is 20.3 Å². The lowest BCUT2D eigenvalue weighted by Gasteiger charge is -2.35. The normalized spacial score (nSPS) is 22.6. The van der Waals surface area contributed by atoms with Crippen molar-refractivity contribution in [1.29, 1.82) is 0 Å². The Balaban J connectivity index is 1.28. The molecular weight excluding hydrogens is 426 g/mol. The van der Waals surface area contributed by atoms with E-state index in [9.17, 15) is 14.4 Å². The van der Waals surface area contributed by atoms with Crippen molar-refractivity contribution >= 4 is 35.2 Å². The van der Waals surface area contributed by atoms with Gasteiger partial charge in [0.2, 0.25) is 11.8 Å². The molecule has 1 saturated heterocycles. The van der Waals surface area contributed by atoms with E-state index in [1.165, 1.54) is 11.8 Å². The number of carbonyl (C=O) groups is 3. The summed E-state index contributed by atoms with van der Waals surface area (Å²) in [6.45, 7) is 5.44. The molecule has 0 saturated carbocycles. The molecule has 2 aliphatic rings. The van der Waals surface area contributed by atoms with E-state index >= 15 is 0 Å². The van der Waals surface area contributed by atoms with E-state index in [1.54, 1.807) is 12.1 Å². The summed E-state index contributed by atoms with van der Waals surface area (Å²) in [4.78, 5) is 40.2. The molecule has 0 bridgehead atoms. The van der Waals surface area contributed by atoms with Crippen molar-refractivity contribution in [2.24, 2.45) is 0 Å². The van der Waals surface area contributed by atoms with Crippen molar-refractivity contribution in [1.82, 2.24) is 10.2 Å². The molecule has 0 spiro atoms. The van der Waals surface area contributed by atoms with Gasteiger partial charge in [0.25, 0.3) is 5.91 Å². The lowest BCUT2D eigenvalue weighted by molar-refractivity contribution is -0.124. The van der Waals surface area contributed by atoms with E-state index in [4.69, 9.17) is 4.74 Å². The fourth-order valence-electron chi connectivity index (χ4n) is 3.96. The fourth-order valence-corrected chi connectivity index (χ4v) is 5.07. The number of nitrogens with one attached hydrogen (secondary N) is 2. The lowest BCUT2D eigenvalue weighted by atomic mass is 10.1. The number of amides is 3. The van der Waals surface area contributed by atoms with Crippen LogP contribution in [0.4, 0.5) is 5.69 Å². The number of nitrogens with zero attached hydrogens (tertiary/aromatic N) is 1. The quantitative estimate of drug-likeness (QED) is 0.727. The number of ether oxygens (including phenoxy) is 1. The second kappa shape index (κ2) is 9.75. The lowest BCUT2D eigenvalue weighted by Crippen LogP contribution is -2.48. The molecule has 2 heterocycles. The maximum absolute atomic E-state index is 12.8. The van der Waals surface area contributed by atoms with Crippen molar-refractivity contribution in [3.63, 3.8) is 0 Å². The van der Waals surface area contributed by atoms with Crippen LogP contribution in [0.25, 0.3) is 0 Å². The molecular formula is C24H27N3O4S. The van der Waals surface area contributed by atoms with Gasteiger partial charge in [-0.25, -0.2) is 0 Å². The van der Waals surface area contributed by atoms with Crippen LogP contribution >= 0.6 is 11.8 Å². The predicted molar refractivity (Wildman–Crippen MR) is 124 cm³/mol. The summed E-state index contributed by atoms with van der Waals surface area (Å²) in [6, 6.07) is 14.8. The van der Waals surface area contributed by atoms with Gasteiger partial charge in [-0.15, -0.1) is 11.8 Å². The molecule has 0 radical (unpaired) electrons. The van der Waals surface area contributed by atoms with Gasteiger partial charge in [0.05, 0.1) is 23.1 Å². The van der Waals surface area contributed by atoms with Gasteiger partial charge in [-0.2, -0.15) is 0 Å². The molecule has 168 valence electrons. The van der Waals surface area contributed by atoms with Crippen molar-refractivity contribution in [2.75, 3.05) is 18.4 Å².